The molecule has 0 saturated carbocycles. The van der Waals surface area contributed by atoms with Gasteiger partial charge in [0.05, 0.1) is 0 Å². The minimum atomic E-state index is 0. The standard InChI is InChI=1S/C10H12BrN.ClH/c11-9-3-1-8-6-10(12)4-2-7(8)5-9;/h1,3,5,10H,2,4,6,12H2;1H/t10-;/m1./s1. The number of fused-ring (bicyclic) bond motifs is 1. The van der Waals surface area contributed by atoms with E-state index in [1.807, 2.05) is 0 Å². The Morgan fingerprint density at radius 1 is 1.31 bits per heavy atom. The second-order valence-electron chi connectivity index (χ2n) is 3.42. The van der Waals surface area contributed by atoms with Gasteiger partial charge in [-0.05, 0) is 42.5 Å². The topological polar surface area (TPSA) is 26.0 Å². The molecule has 0 fully saturated rings. The fourth-order valence-corrected chi connectivity index (χ4v) is 2.16. The molecule has 0 saturated heterocycles. The SMILES string of the molecule is Cl.N[C@@H]1CCc2cc(Br)ccc2C1. The van der Waals surface area contributed by atoms with Crippen molar-refractivity contribution < 1.29 is 0 Å². The highest BCUT2D eigenvalue weighted by molar-refractivity contribution is 9.10. The molecule has 2 rings (SSSR count). The van der Waals surface area contributed by atoms with E-state index in [0.717, 1.165) is 19.3 Å². The number of hydrogen-bond donors (Lipinski definition) is 1. The molecule has 0 spiro atoms. The number of hydrogen-bond acceptors (Lipinski definition) is 1. The zero-order valence-electron chi connectivity index (χ0n) is 7.29. The van der Waals surface area contributed by atoms with Crippen molar-refractivity contribution in [2.75, 3.05) is 0 Å². The third-order valence-corrected chi connectivity index (χ3v) is 2.93. The molecular formula is C10H13BrClN. The number of aryl methyl sites for hydroxylation is 1. The van der Waals surface area contributed by atoms with Crippen LogP contribution in [0.15, 0.2) is 22.7 Å². The first-order valence-corrected chi connectivity index (χ1v) is 5.08. The van der Waals surface area contributed by atoms with E-state index in [1.165, 1.54) is 15.6 Å². The molecular weight excluding hydrogens is 249 g/mol. The van der Waals surface area contributed by atoms with E-state index in [-0.39, 0.29) is 12.4 Å². The van der Waals surface area contributed by atoms with Gasteiger partial charge in [-0.2, -0.15) is 0 Å². The fraction of sp³-hybridized carbons (Fsp3) is 0.400. The van der Waals surface area contributed by atoms with Crippen LogP contribution in [-0.4, -0.2) is 6.04 Å². The van der Waals surface area contributed by atoms with Gasteiger partial charge in [0, 0.05) is 10.5 Å². The highest BCUT2D eigenvalue weighted by Crippen LogP contribution is 2.23. The lowest BCUT2D eigenvalue weighted by molar-refractivity contribution is 0.576. The Balaban J connectivity index is 0.000000845. The summed E-state index contributed by atoms with van der Waals surface area (Å²) in [5.41, 5.74) is 8.77. The summed E-state index contributed by atoms with van der Waals surface area (Å²) in [6.07, 6.45) is 3.31. The van der Waals surface area contributed by atoms with Crippen LogP contribution in [0.2, 0.25) is 0 Å². The van der Waals surface area contributed by atoms with Gasteiger partial charge in [0.15, 0.2) is 0 Å². The predicted molar refractivity (Wildman–Crippen MR) is 61.4 cm³/mol. The van der Waals surface area contributed by atoms with Crippen molar-refractivity contribution in [1.29, 1.82) is 0 Å². The molecule has 0 amide bonds. The minimum absolute atomic E-state index is 0. The summed E-state index contributed by atoms with van der Waals surface area (Å²) in [6.45, 7) is 0. The molecule has 0 aromatic heterocycles. The molecule has 0 radical (unpaired) electrons. The monoisotopic (exact) mass is 261 g/mol. The third-order valence-electron chi connectivity index (χ3n) is 2.43. The van der Waals surface area contributed by atoms with E-state index < -0.39 is 0 Å². The Kier molecular flexibility index (Phi) is 3.77. The lowest BCUT2D eigenvalue weighted by Crippen LogP contribution is -2.27. The summed E-state index contributed by atoms with van der Waals surface area (Å²) >= 11 is 3.47. The van der Waals surface area contributed by atoms with Crippen molar-refractivity contribution in [3.8, 4) is 0 Å². The Labute approximate surface area is 93.2 Å². The maximum atomic E-state index is 5.88. The summed E-state index contributed by atoms with van der Waals surface area (Å²) in [7, 11) is 0. The summed E-state index contributed by atoms with van der Waals surface area (Å²) in [5.74, 6) is 0. The van der Waals surface area contributed by atoms with E-state index in [1.54, 1.807) is 0 Å². The smallest absolute Gasteiger partial charge is 0.0178 e. The molecule has 0 bridgehead atoms. The largest absolute Gasteiger partial charge is 0.327 e. The van der Waals surface area contributed by atoms with Gasteiger partial charge in [-0.15, -0.1) is 12.4 Å². The lowest BCUT2D eigenvalue weighted by Gasteiger charge is -2.21. The van der Waals surface area contributed by atoms with E-state index in [4.69, 9.17) is 5.73 Å². The molecule has 0 unspecified atom stereocenters. The number of rotatable bonds is 0. The van der Waals surface area contributed by atoms with E-state index in [0.29, 0.717) is 6.04 Å². The normalized spacial score (nSPS) is 20.3. The van der Waals surface area contributed by atoms with Crippen LogP contribution in [0.3, 0.4) is 0 Å². The molecule has 1 aromatic carbocycles. The minimum Gasteiger partial charge on any atom is -0.327 e. The molecule has 1 aliphatic carbocycles. The number of halogens is 2. The van der Waals surface area contributed by atoms with E-state index in [9.17, 15) is 0 Å². The van der Waals surface area contributed by atoms with E-state index >= 15 is 0 Å². The molecule has 13 heavy (non-hydrogen) atoms. The molecule has 1 atom stereocenters. The van der Waals surface area contributed by atoms with E-state index in [2.05, 4.69) is 34.1 Å². The molecule has 0 heterocycles. The first-order chi connectivity index (χ1) is 5.75. The summed E-state index contributed by atoms with van der Waals surface area (Å²) in [4.78, 5) is 0. The average Bonchev–Trinajstić information content (AvgIpc) is 2.05. The highest BCUT2D eigenvalue weighted by atomic mass is 79.9. The number of benzene rings is 1. The van der Waals surface area contributed by atoms with Gasteiger partial charge in [0.2, 0.25) is 0 Å². The van der Waals surface area contributed by atoms with Crippen molar-refractivity contribution in [3.63, 3.8) is 0 Å². The quantitative estimate of drug-likeness (QED) is 0.764. The Bertz CT molecular complexity index is 301. The second kappa shape index (κ2) is 4.45. The van der Waals surface area contributed by atoms with Crippen LogP contribution in [0.25, 0.3) is 0 Å². The van der Waals surface area contributed by atoms with Crippen LogP contribution in [0, 0.1) is 0 Å². The molecule has 1 aliphatic rings. The van der Waals surface area contributed by atoms with Crippen molar-refractivity contribution in [3.05, 3.63) is 33.8 Å². The van der Waals surface area contributed by atoms with Gasteiger partial charge in [-0.1, -0.05) is 22.0 Å². The maximum Gasteiger partial charge on any atom is 0.0178 e. The predicted octanol–water partition coefficient (Wildman–Crippen LogP) is 2.69. The summed E-state index contributed by atoms with van der Waals surface area (Å²) in [5, 5.41) is 0. The van der Waals surface area contributed by atoms with Crippen LogP contribution >= 0.6 is 28.3 Å². The fourth-order valence-electron chi connectivity index (χ4n) is 1.75. The van der Waals surface area contributed by atoms with Gasteiger partial charge >= 0.3 is 0 Å². The second-order valence-corrected chi connectivity index (χ2v) is 4.33. The van der Waals surface area contributed by atoms with Gasteiger partial charge in [0.1, 0.15) is 0 Å². The van der Waals surface area contributed by atoms with Crippen LogP contribution in [0.5, 0.6) is 0 Å². The van der Waals surface area contributed by atoms with Crippen LogP contribution in [0.4, 0.5) is 0 Å². The van der Waals surface area contributed by atoms with Gasteiger partial charge in [0.25, 0.3) is 0 Å². The summed E-state index contributed by atoms with van der Waals surface area (Å²) < 4.78 is 1.18. The third kappa shape index (κ3) is 2.46. The molecule has 1 aromatic rings. The van der Waals surface area contributed by atoms with Crippen molar-refractivity contribution in [2.45, 2.75) is 25.3 Å². The zero-order valence-corrected chi connectivity index (χ0v) is 9.70. The molecule has 0 aliphatic heterocycles. The van der Waals surface area contributed by atoms with Gasteiger partial charge in [-0.25, -0.2) is 0 Å². The number of nitrogens with two attached hydrogens (primary N) is 1. The first-order valence-electron chi connectivity index (χ1n) is 4.28. The zero-order chi connectivity index (χ0) is 8.55. The molecule has 72 valence electrons. The molecule has 2 N–H and O–H groups in total. The van der Waals surface area contributed by atoms with Crippen LogP contribution in [0.1, 0.15) is 17.5 Å². The Morgan fingerprint density at radius 3 is 2.85 bits per heavy atom. The first kappa shape index (κ1) is 11.0. The Morgan fingerprint density at radius 2 is 2.08 bits per heavy atom. The Hall–Kier alpha value is -0.0500. The highest BCUT2D eigenvalue weighted by Gasteiger charge is 2.14. The van der Waals surface area contributed by atoms with Crippen LogP contribution in [-0.2, 0) is 12.8 Å². The maximum absolute atomic E-state index is 5.88. The molecule has 1 nitrogen and oxygen atoms in total. The summed E-state index contributed by atoms with van der Waals surface area (Å²) in [6, 6.07) is 6.86. The van der Waals surface area contributed by atoms with Crippen molar-refractivity contribution in [1.82, 2.24) is 0 Å². The van der Waals surface area contributed by atoms with Crippen molar-refractivity contribution in [2.24, 2.45) is 5.73 Å². The molecule has 3 heteroatoms. The van der Waals surface area contributed by atoms with Gasteiger partial charge in [-0.3, -0.25) is 0 Å². The van der Waals surface area contributed by atoms with Crippen molar-refractivity contribution >= 4 is 28.3 Å². The van der Waals surface area contributed by atoms with Gasteiger partial charge < -0.3 is 5.73 Å². The lowest BCUT2D eigenvalue weighted by atomic mass is 9.89. The van der Waals surface area contributed by atoms with Crippen LogP contribution < -0.4 is 5.73 Å². The average molecular weight is 263 g/mol.